The highest BCUT2D eigenvalue weighted by molar-refractivity contribution is 5.96. The lowest BCUT2D eigenvalue weighted by molar-refractivity contribution is 0.0989. The molecule has 7 nitrogen and oxygen atoms in total. The van der Waals surface area contributed by atoms with Gasteiger partial charge in [-0.2, -0.15) is 0 Å². The first-order chi connectivity index (χ1) is 13.4. The number of hydrogen-bond acceptors (Lipinski definition) is 5. The number of nitrogens with zero attached hydrogens (tertiary/aromatic N) is 2. The molecule has 0 aliphatic heterocycles. The molecule has 0 aliphatic rings. The van der Waals surface area contributed by atoms with Gasteiger partial charge < -0.3 is 20.8 Å². The SMILES string of the molecule is CCN(CC)c1ccc2cc(C(N)=O)c(=Nc3ccc(C(N)=O)cc3)oc2c1. The number of anilines is 1. The third-order valence-corrected chi connectivity index (χ3v) is 4.51. The van der Waals surface area contributed by atoms with Crippen molar-refractivity contribution in [2.24, 2.45) is 16.5 Å². The van der Waals surface area contributed by atoms with Crippen LogP contribution in [0.5, 0.6) is 0 Å². The molecule has 0 saturated carbocycles. The summed E-state index contributed by atoms with van der Waals surface area (Å²) < 4.78 is 5.93. The monoisotopic (exact) mass is 378 g/mol. The van der Waals surface area contributed by atoms with Crippen LogP contribution in [0.15, 0.2) is 57.9 Å². The predicted octanol–water partition coefficient (Wildman–Crippen LogP) is 2.71. The molecule has 1 aromatic heterocycles. The number of nitrogens with two attached hydrogens (primary N) is 2. The topological polar surface area (TPSA) is 115 Å². The van der Waals surface area contributed by atoms with Gasteiger partial charge in [-0.1, -0.05) is 0 Å². The fourth-order valence-electron chi connectivity index (χ4n) is 2.97. The maximum Gasteiger partial charge on any atom is 0.254 e. The molecule has 0 spiro atoms. The van der Waals surface area contributed by atoms with Crippen LogP contribution in [-0.2, 0) is 0 Å². The fourth-order valence-corrected chi connectivity index (χ4v) is 2.97. The van der Waals surface area contributed by atoms with Gasteiger partial charge in [0.2, 0.25) is 11.5 Å². The van der Waals surface area contributed by atoms with E-state index in [2.05, 4.69) is 23.7 Å². The van der Waals surface area contributed by atoms with E-state index in [0.29, 0.717) is 16.8 Å². The second kappa shape index (κ2) is 7.96. The Balaban J connectivity index is 2.16. The number of primary amides is 2. The van der Waals surface area contributed by atoms with Crippen LogP contribution < -0.4 is 21.9 Å². The molecule has 0 atom stereocenters. The van der Waals surface area contributed by atoms with E-state index >= 15 is 0 Å². The van der Waals surface area contributed by atoms with Crippen LogP contribution >= 0.6 is 0 Å². The van der Waals surface area contributed by atoms with Gasteiger partial charge in [0.1, 0.15) is 11.1 Å². The Labute approximate surface area is 162 Å². The summed E-state index contributed by atoms with van der Waals surface area (Å²) in [6.07, 6.45) is 0. The maximum absolute atomic E-state index is 11.9. The van der Waals surface area contributed by atoms with Crippen molar-refractivity contribution in [2.75, 3.05) is 18.0 Å². The van der Waals surface area contributed by atoms with E-state index in [1.54, 1.807) is 30.3 Å². The van der Waals surface area contributed by atoms with Gasteiger partial charge in [-0.05, 0) is 56.3 Å². The summed E-state index contributed by atoms with van der Waals surface area (Å²) in [6.45, 7) is 5.89. The number of hydrogen-bond donors (Lipinski definition) is 2. The minimum absolute atomic E-state index is 0.114. The number of fused-ring (bicyclic) bond motifs is 1. The Morgan fingerprint density at radius 3 is 2.21 bits per heavy atom. The predicted molar refractivity (Wildman–Crippen MR) is 108 cm³/mol. The molecule has 3 aromatic rings. The van der Waals surface area contributed by atoms with E-state index in [4.69, 9.17) is 15.9 Å². The molecule has 3 rings (SSSR count). The standard InChI is InChI=1S/C21H22N4O3/c1-3-25(4-2)16-10-7-14-11-17(20(23)27)21(28-18(14)12-16)24-15-8-5-13(6-9-15)19(22)26/h5-12H,3-4H2,1-2H3,(H2,22,26)(H2,23,27). The Morgan fingerprint density at radius 1 is 0.964 bits per heavy atom. The smallest absolute Gasteiger partial charge is 0.254 e. The van der Waals surface area contributed by atoms with Crippen LogP contribution in [0, 0.1) is 0 Å². The Bertz CT molecular complexity index is 1100. The number of benzene rings is 2. The van der Waals surface area contributed by atoms with Crippen molar-refractivity contribution in [2.45, 2.75) is 13.8 Å². The average Bonchev–Trinajstić information content (AvgIpc) is 2.68. The molecule has 0 bridgehead atoms. The first kappa shape index (κ1) is 19.2. The van der Waals surface area contributed by atoms with Gasteiger partial charge in [0, 0.05) is 35.8 Å². The number of amides is 2. The highest BCUT2D eigenvalue weighted by atomic mass is 16.3. The summed E-state index contributed by atoms with van der Waals surface area (Å²) in [7, 11) is 0. The van der Waals surface area contributed by atoms with Crippen molar-refractivity contribution in [3.63, 3.8) is 0 Å². The van der Waals surface area contributed by atoms with Gasteiger partial charge in [-0.25, -0.2) is 4.99 Å². The quantitative estimate of drug-likeness (QED) is 0.686. The average molecular weight is 378 g/mol. The van der Waals surface area contributed by atoms with Crippen molar-refractivity contribution in [3.05, 3.63) is 65.2 Å². The third-order valence-electron chi connectivity index (χ3n) is 4.51. The van der Waals surface area contributed by atoms with E-state index in [9.17, 15) is 9.59 Å². The lowest BCUT2D eigenvalue weighted by atomic mass is 10.1. The first-order valence-corrected chi connectivity index (χ1v) is 9.00. The minimum atomic E-state index is -0.633. The minimum Gasteiger partial charge on any atom is -0.437 e. The van der Waals surface area contributed by atoms with Crippen molar-refractivity contribution >= 4 is 34.2 Å². The summed E-state index contributed by atoms with van der Waals surface area (Å²) in [5.74, 6) is -1.16. The normalized spacial score (nSPS) is 11.6. The molecule has 2 aromatic carbocycles. The van der Waals surface area contributed by atoms with Crippen molar-refractivity contribution < 1.29 is 14.0 Å². The zero-order valence-corrected chi connectivity index (χ0v) is 15.8. The van der Waals surface area contributed by atoms with Crippen LogP contribution in [0.3, 0.4) is 0 Å². The molecule has 4 N–H and O–H groups in total. The molecule has 0 aliphatic carbocycles. The molecule has 0 fully saturated rings. The molecule has 0 radical (unpaired) electrons. The summed E-state index contributed by atoms with van der Waals surface area (Å²) in [6, 6.07) is 13.8. The Kier molecular flexibility index (Phi) is 5.44. The van der Waals surface area contributed by atoms with E-state index in [1.165, 1.54) is 0 Å². The van der Waals surface area contributed by atoms with Crippen LogP contribution in [0.25, 0.3) is 11.0 Å². The van der Waals surface area contributed by atoms with E-state index < -0.39 is 11.8 Å². The molecule has 144 valence electrons. The highest BCUT2D eigenvalue weighted by Gasteiger charge is 2.11. The fraction of sp³-hybridized carbons (Fsp3) is 0.190. The van der Waals surface area contributed by atoms with Crippen molar-refractivity contribution in [3.8, 4) is 0 Å². The maximum atomic E-state index is 11.9. The van der Waals surface area contributed by atoms with Crippen LogP contribution in [0.1, 0.15) is 34.6 Å². The van der Waals surface area contributed by atoms with Gasteiger partial charge in [0.05, 0.1) is 5.69 Å². The molecule has 1 heterocycles. The molecule has 2 amide bonds. The summed E-state index contributed by atoms with van der Waals surface area (Å²) in [4.78, 5) is 29.7. The van der Waals surface area contributed by atoms with Crippen LogP contribution in [0.2, 0.25) is 0 Å². The van der Waals surface area contributed by atoms with Crippen molar-refractivity contribution in [1.82, 2.24) is 0 Å². The number of carbonyl (C=O) groups is 2. The Hall–Kier alpha value is -3.61. The second-order valence-corrected chi connectivity index (χ2v) is 6.25. The third kappa shape index (κ3) is 3.88. The second-order valence-electron chi connectivity index (χ2n) is 6.25. The number of rotatable bonds is 6. The van der Waals surface area contributed by atoms with Crippen LogP contribution in [-0.4, -0.2) is 24.9 Å². The van der Waals surface area contributed by atoms with E-state index in [1.807, 2.05) is 18.2 Å². The zero-order valence-electron chi connectivity index (χ0n) is 15.8. The Morgan fingerprint density at radius 2 is 1.64 bits per heavy atom. The lowest BCUT2D eigenvalue weighted by Crippen LogP contribution is -2.23. The van der Waals surface area contributed by atoms with Gasteiger partial charge in [-0.15, -0.1) is 0 Å². The highest BCUT2D eigenvalue weighted by Crippen LogP contribution is 2.22. The molecule has 0 unspecified atom stereocenters. The molecule has 0 saturated heterocycles. The molecular formula is C21H22N4O3. The lowest BCUT2D eigenvalue weighted by Gasteiger charge is -2.21. The van der Waals surface area contributed by atoms with Gasteiger partial charge in [0.25, 0.3) is 5.91 Å². The molecule has 28 heavy (non-hydrogen) atoms. The largest absolute Gasteiger partial charge is 0.437 e. The van der Waals surface area contributed by atoms with Gasteiger partial charge >= 0.3 is 0 Å². The first-order valence-electron chi connectivity index (χ1n) is 9.00. The zero-order chi connectivity index (χ0) is 20.3. The van der Waals surface area contributed by atoms with E-state index in [0.717, 1.165) is 24.2 Å². The molecular weight excluding hydrogens is 356 g/mol. The summed E-state index contributed by atoms with van der Waals surface area (Å²) in [5.41, 5.74) is 13.6. The van der Waals surface area contributed by atoms with Crippen molar-refractivity contribution in [1.29, 1.82) is 0 Å². The summed E-state index contributed by atoms with van der Waals surface area (Å²) >= 11 is 0. The van der Waals surface area contributed by atoms with E-state index in [-0.39, 0.29) is 11.1 Å². The summed E-state index contributed by atoms with van der Waals surface area (Å²) in [5, 5.41) is 0.757. The number of carbonyl (C=O) groups excluding carboxylic acids is 2. The van der Waals surface area contributed by atoms with Gasteiger partial charge in [-0.3, -0.25) is 9.59 Å². The van der Waals surface area contributed by atoms with Gasteiger partial charge in [0.15, 0.2) is 0 Å². The molecule has 7 heteroatoms. The van der Waals surface area contributed by atoms with Crippen LogP contribution in [0.4, 0.5) is 11.4 Å².